The Kier molecular flexibility index (Phi) is 3.09. The average Bonchev–Trinajstić information content (AvgIpc) is 2.72. The molecular weight excluding hydrogens is 248 g/mol. The van der Waals surface area contributed by atoms with Crippen molar-refractivity contribution in [3.8, 4) is 5.88 Å². The Labute approximate surface area is 121 Å². The highest BCUT2D eigenvalue weighted by molar-refractivity contribution is 5.29. The normalized spacial score (nSPS) is 36.0. The monoisotopic (exact) mass is 274 g/mol. The summed E-state index contributed by atoms with van der Waals surface area (Å²) < 4.78 is 6.35. The van der Waals surface area contributed by atoms with Crippen LogP contribution in [0.5, 0.6) is 5.88 Å². The van der Waals surface area contributed by atoms with E-state index in [1.54, 1.807) is 6.20 Å². The van der Waals surface area contributed by atoms with Crippen LogP contribution in [0.25, 0.3) is 0 Å². The summed E-state index contributed by atoms with van der Waals surface area (Å²) in [6, 6.07) is 3.91. The molecule has 3 nitrogen and oxygen atoms in total. The van der Waals surface area contributed by atoms with Gasteiger partial charge in [-0.3, -0.25) is 0 Å². The van der Waals surface area contributed by atoms with Gasteiger partial charge in [0.2, 0.25) is 5.88 Å². The fourth-order valence-electron chi connectivity index (χ4n) is 4.29. The third kappa shape index (κ3) is 1.79. The van der Waals surface area contributed by atoms with Gasteiger partial charge in [0.25, 0.3) is 0 Å². The lowest BCUT2D eigenvalue weighted by molar-refractivity contribution is 0.0265. The summed E-state index contributed by atoms with van der Waals surface area (Å²) >= 11 is 0. The van der Waals surface area contributed by atoms with Gasteiger partial charge in [0, 0.05) is 23.2 Å². The van der Waals surface area contributed by atoms with Crippen molar-refractivity contribution in [1.29, 1.82) is 0 Å². The van der Waals surface area contributed by atoms with Gasteiger partial charge in [0.15, 0.2) is 0 Å². The van der Waals surface area contributed by atoms with Crippen LogP contribution in [-0.4, -0.2) is 11.1 Å². The van der Waals surface area contributed by atoms with E-state index in [1.165, 1.54) is 12.8 Å². The molecule has 0 amide bonds. The molecule has 0 saturated heterocycles. The molecule has 0 aromatic carbocycles. The Morgan fingerprint density at radius 1 is 1.40 bits per heavy atom. The molecule has 2 aliphatic carbocycles. The second-order valence-electron chi connectivity index (χ2n) is 7.40. The molecule has 20 heavy (non-hydrogen) atoms. The molecule has 2 fully saturated rings. The zero-order valence-corrected chi connectivity index (χ0v) is 13.0. The van der Waals surface area contributed by atoms with E-state index in [9.17, 15) is 0 Å². The Balaban J connectivity index is 1.87. The maximum atomic E-state index is 6.35. The van der Waals surface area contributed by atoms with Crippen molar-refractivity contribution in [2.24, 2.45) is 22.5 Å². The number of rotatable bonds is 3. The number of nitrogens with zero attached hydrogens (tertiary/aromatic N) is 1. The van der Waals surface area contributed by atoms with E-state index in [0.29, 0.717) is 5.41 Å². The molecule has 0 radical (unpaired) electrons. The molecule has 2 bridgehead atoms. The van der Waals surface area contributed by atoms with E-state index in [0.717, 1.165) is 23.8 Å². The number of ether oxygens (including phenoxy) is 1. The van der Waals surface area contributed by atoms with Gasteiger partial charge in [0.05, 0.1) is 0 Å². The Hall–Kier alpha value is -1.09. The van der Waals surface area contributed by atoms with Gasteiger partial charge in [-0.05, 0) is 43.6 Å². The van der Waals surface area contributed by atoms with Crippen LogP contribution in [0.1, 0.15) is 58.6 Å². The summed E-state index contributed by atoms with van der Waals surface area (Å²) in [7, 11) is 0. The highest BCUT2D eigenvalue weighted by Crippen LogP contribution is 2.66. The first-order valence-corrected chi connectivity index (χ1v) is 7.73. The van der Waals surface area contributed by atoms with Crippen LogP contribution in [0.2, 0.25) is 0 Å². The lowest BCUT2D eigenvalue weighted by Crippen LogP contribution is -2.39. The fraction of sp³-hybridized carbons (Fsp3) is 0.706. The SMILES string of the molecule is C[C@@H](N)c1cccnc1OC1CC2CCC1(C)C2(C)C. The third-order valence-corrected chi connectivity index (χ3v) is 6.26. The van der Waals surface area contributed by atoms with Crippen molar-refractivity contribution in [3.05, 3.63) is 23.9 Å². The summed E-state index contributed by atoms with van der Waals surface area (Å²) in [6.07, 6.45) is 5.81. The zero-order valence-electron chi connectivity index (χ0n) is 13.0. The maximum Gasteiger partial charge on any atom is 0.218 e. The van der Waals surface area contributed by atoms with Gasteiger partial charge in [-0.2, -0.15) is 0 Å². The number of fused-ring (bicyclic) bond motifs is 2. The van der Waals surface area contributed by atoms with E-state index < -0.39 is 0 Å². The van der Waals surface area contributed by atoms with E-state index in [4.69, 9.17) is 10.5 Å². The van der Waals surface area contributed by atoms with Crippen molar-refractivity contribution in [2.75, 3.05) is 0 Å². The summed E-state index contributed by atoms with van der Waals surface area (Å²) in [5.41, 5.74) is 7.66. The number of pyridine rings is 1. The predicted molar refractivity (Wildman–Crippen MR) is 80.5 cm³/mol. The minimum absolute atomic E-state index is 0.0434. The number of aromatic nitrogens is 1. The molecule has 3 rings (SSSR count). The van der Waals surface area contributed by atoms with E-state index in [1.807, 2.05) is 19.1 Å². The minimum atomic E-state index is -0.0434. The molecule has 1 aromatic rings. The highest BCUT2D eigenvalue weighted by Gasteiger charge is 2.62. The quantitative estimate of drug-likeness (QED) is 0.914. The van der Waals surface area contributed by atoms with E-state index >= 15 is 0 Å². The largest absolute Gasteiger partial charge is 0.473 e. The van der Waals surface area contributed by atoms with Gasteiger partial charge < -0.3 is 10.5 Å². The standard InChI is InChI=1S/C17H26N2O/c1-11(18)13-6-5-9-19-15(13)20-14-10-12-7-8-17(14,4)16(12,2)3/h5-6,9,11-12,14H,7-8,10,18H2,1-4H3/t11-,12?,14?,17?/m1/s1. The van der Waals surface area contributed by atoms with Gasteiger partial charge >= 0.3 is 0 Å². The summed E-state index contributed by atoms with van der Waals surface area (Å²) in [6.45, 7) is 9.17. The van der Waals surface area contributed by atoms with Gasteiger partial charge in [-0.1, -0.05) is 26.8 Å². The highest BCUT2D eigenvalue weighted by atomic mass is 16.5. The van der Waals surface area contributed by atoms with E-state index in [-0.39, 0.29) is 17.6 Å². The smallest absolute Gasteiger partial charge is 0.218 e. The number of hydrogen-bond donors (Lipinski definition) is 1. The molecule has 4 atom stereocenters. The second-order valence-corrected chi connectivity index (χ2v) is 7.40. The fourth-order valence-corrected chi connectivity index (χ4v) is 4.29. The molecule has 0 aliphatic heterocycles. The Bertz CT molecular complexity index is 511. The zero-order chi connectivity index (χ0) is 14.5. The van der Waals surface area contributed by atoms with Crippen molar-refractivity contribution in [2.45, 2.75) is 59.1 Å². The molecule has 3 heteroatoms. The molecule has 2 N–H and O–H groups in total. The van der Waals surface area contributed by atoms with Crippen molar-refractivity contribution in [3.63, 3.8) is 0 Å². The summed E-state index contributed by atoms with van der Waals surface area (Å²) in [4.78, 5) is 4.42. The molecule has 2 aliphatic rings. The maximum absolute atomic E-state index is 6.35. The van der Waals surface area contributed by atoms with Crippen LogP contribution in [0.15, 0.2) is 18.3 Å². The van der Waals surface area contributed by atoms with Gasteiger partial charge in [0.1, 0.15) is 6.10 Å². The number of nitrogens with two attached hydrogens (primary N) is 1. The molecular formula is C17H26N2O. The van der Waals surface area contributed by atoms with E-state index in [2.05, 4.69) is 25.8 Å². The van der Waals surface area contributed by atoms with Crippen LogP contribution < -0.4 is 10.5 Å². The van der Waals surface area contributed by atoms with Gasteiger partial charge in [-0.25, -0.2) is 4.98 Å². The second kappa shape index (κ2) is 4.45. The molecule has 2 saturated carbocycles. The molecule has 1 heterocycles. The first-order chi connectivity index (χ1) is 9.36. The summed E-state index contributed by atoms with van der Waals surface area (Å²) in [5, 5.41) is 0. The molecule has 0 spiro atoms. The average molecular weight is 274 g/mol. The Morgan fingerprint density at radius 3 is 2.70 bits per heavy atom. The lowest BCUT2D eigenvalue weighted by Gasteiger charge is -2.38. The summed E-state index contributed by atoms with van der Waals surface area (Å²) in [5.74, 6) is 1.51. The minimum Gasteiger partial charge on any atom is -0.473 e. The van der Waals surface area contributed by atoms with Gasteiger partial charge in [-0.15, -0.1) is 0 Å². The molecule has 1 aromatic heterocycles. The molecule has 110 valence electrons. The van der Waals surface area contributed by atoms with Crippen molar-refractivity contribution < 1.29 is 4.74 Å². The van der Waals surface area contributed by atoms with Crippen molar-refractivity contribution >= 4 is 0 Å². The van der Waals surface area contributed by atoms with Crippen LogP contribution in [0.3, 0.4) is 0 Å². The first kappa shape index (κ1) is 13.9. The number of hydrogen-bond acceptors (Lipinski definition) is 3. The van der Waals surface area contributed by atoms with Crippen LogP contribution in [0, 0.1) is 16.7 Å². The van der Waals surface area contributed by atoms with Crippen LogP contribution in [-0.2, 0) is 0 Å². The topological polar surface area (TPSA) is 48.1 Å². The molecule has 3 unspecified atom stereocenters. The third-order valence-electron chi connectivity index (χ3n) is 6.26. The predicted octanol–water partition coefficient (Wildman–Crippen LogP) is 3.69. The Morgan fingerprint density at radius 2 is 2.15 bits per heavy atom. The first-order valence-electron chi connectivity index (χ1n) is 7.73. The van der Waals surface area contributed by atoms with Crippen LogP contribution >= 0.6 is 0 Å². The lowest BCUT2D eigenvalue weighted by atomic mass is 9.70. The van der Waals surface area contributed by atoms with Crippen LogP contribution in [0.4, 0.5) is 0 Å². The van der Waals surface area contributed by atoms with Crippen molar-refractivity contribution in [1.82, 2.24) is 4.98 Å².